The third-order valence-corrected chi connectivity index (χ3v) is 3.50. The predicted molar refractivity (Wildman–Crippen MR) is 78.1 cm³/mol. The number of benzene rings is 2. The molecule has 0 aromatic heterocycles. The first kappa shape index (κ1) is 12.4. The summed E-state index contributed by atoms with van der Waals surface area (Å²) in [4.78, 5) is 0. The van der Waals surface area contributed by atoms with Gasteiger partial charge in [0.15, 0.2) is 0 Å². The molecular formula is C13H7BrINO. The van der Waals surface area contributed by atoms with Crippen LogP contribution in [0.1, 0.15) is 5.56 Å². The fourth-order valence-corrected chi connectivity index (χ4v) is 2.18. The van der Waals surface area contributed by atoms with Gasteiger partial charge in [0.2, 0.25) is 0 Å². The molecule has 0 saturated carbocycles. The molecule has 4 heteroatoms. The molecule has 0 bridgehead atoms. The molecule has 0 N–H and O–H groups in total. The number of hydrogen-bond acceptors (Lipinski definition) is 2. The minimum absolute atomic E-state index is 0.513. The van der Waals surface area contributed by atoms with Crippen molar-refractivity contribution in [2.24, 2.45) is 0 Å². The van der Waals surface area contributed by atoms with E-state index in [-0.39, 0.29) is 0 Å². The molecule has 2 nitrogen and oxygen atoms in total. The second-order valence-corrected chi connectivity index (χ2v) is 5.36. The molecule has 2 aromatic carbocycles. The van der Waals surface area contributed by atoms with Crippen LogP contribution in [0.3, 0.4) is 0 Å². The largest absolute Gasteiger partial charge is 0.455 e. The Bertz CT molecular complexity index is 592. The van der Waals surface area contributed by atoms with Gasteiger partial charge in [-0.05, 0) is 52.9 Å². The monoisotopic (exact) mass is 399 g/mol. The maximum atomic E-state index is 9.04. The molecule has 0 saturated heterocycles. The van der Waals surface area contributed by atoms with Crippen molar-refractivity contribution in [3.05, 3.63) is 56.1 Å². The Kier molecular flexibility index (Phi) is 4.02. The van der Waals surface area contributed by atoms with Crippen molar-refractivity contribution in [3.8, 4) is 17.6 Å². The number of nitriles is 1. The van der Waals surface area contributed by atoms with Gasteiger partial charge in [-0.3, -0.25) is 0 Å². The van der Waals surface area contributed by atoms with Crippen LogP contribution in [-0.4, -0.2) is 0 Å². The molecule has 17 heavy (non-hydrogen) atoms. The lowest BCUT2D eigenvalue weighted by Gasteiger charge is -2.09. The molecule has 2 rings (SSSR count). The summed E-state index contributed by atoms with van der Waals surface area (Å²) in [5, 5.41) is 9.04. The summed E-state index contributed by atoms with van der Waals surface area (Å²) in [6.45, 7) is 0. The molecule has 0 amide bonds. The number of hydrogen-bond donors (Lipinski definition) is 0. The van der Waals surface area contributed by atoms with Gasteiger partial charge in [-0.25, -0.2) is 0 Å². The zero-order chi connectivity index (χ0) is 12.3. The summed E-state index contributed by atoms with van der Waals surface area (Å²) in [7, 11) is 0. The SMILES string of the molecule is N#Cc1cc(Br)ccc1Oc1ccccc1I. The first-order valence-corrected chi connectivity index (χ1v) is 6.70. The predicted octanol–water partition coefficient (Wildman–Crippen LogP) is 4.72. The van der Waals surface area contributed by atoms with E-state index in [1.807, 2.05) is 30.3 Å². The summed E-state index contributed by atoms with van der Waals surface area (Å²) in [5.74, 6) is 1.33. The normalized spacial score (nSPS) is 9.71. The lowest BCUT2D eigenvalue weighted by molar-refractivity contribution is 0.477. The highest BCUT2D eigenvalue weighted by atomic mass is 127. The van der Waals surface area contributed by atoms with Gasteiger partial charge in [-0.2, -0.15) is 5.26 Å². The van der Waals surface area contributed by atoms with E-state index >= 15 is 0 Å². The van der Waals surface area contributed by atoms with Crippen LogP contribution in [0.4, 0.5) is 0 Å². The molecule has 0 radical (unpaired) electrons. The van der Waals surface area contributed by atoms with Gasteiger partial charge in [0.05, 0.1) is 9.13 Å². The van der Waals surface area contributed by atoms with E-state index in [2.05, 4.69) is 44.6 Å². The molecule has 0 fully saturated rings. The molecule has 0 spiro atoms. The van der Waals surface area contributed by atoms with E-state index in [0.29, 0.717) is 11.3 Å². The van der Waals surface area contributed by atoms with Gasteiger partial charge in [-0.1, -0.05) is 28.1 Å². The molecule has 0 atom stereocenters. The highest BCUT2D eigenvalue weighted by molar-refractivity contribution is 14.1. The molecule has 0 heterocycles. The molecule has 0 aliphatic heterocycles. The van der Waals surface area contributed by atoms with E-state index in [9.17, 15) is 0 Å². The Hall–Kier alpha value is -1.06. The third-order valence-electron chi connectivity index (χ3n) is 2.12. The van der Waals surface area contributed by atoms with Crippen molar-refractivity contribution in [3.63, 3.8) is 0 Å². The lowest BCUT2D eigenvalue weighted by atomic mass is 10.2. The maximum absolute atomic E-state index is 9.04. The first-order valence-electron chi connectivity index (χ1n) is 4.83. The van der Waals surface area contributed by atoms with Crippen molar-refractivity contribution < 1.29 is 4.74 Å². The lowest BCUT2D eigenvalue weighted by Crippen LogP contribution is -1.90. The number of nitrogens with zero attached hydrogens (tertiary/aromatic N) is 1. The van der Waals surface area contributed by atoms with Crippen molar-refractivity contribution >= 4 is 38.5 Å². The van der Waals surface area contributed by atoms with E-state index in [0.717, 1.165) is 13.8 Å². The van der Waals surface area contributed by atoms with Crippen LogP contribution in [0.5, 0.6) is 11.5 Å². The van der Waals surface area contributed by atoms with Gasteiger partial charge < -0.3 is 4.74 Å². The van der Waals surface area contributed by atoms with Gasteiger partial charge in [0, 0.05) is 4.47 Å². The van der Waals surface area contributed by atoms with Crippen LogP contribution in [0.25, 0.3) is 0 Å². The Morgan fingerprint density at radius 2 is 1.88 bits per heavy atom. The van der Waals surface area contributed by atoms with Crippen molar-refractivity contribution in [1.82, 2.24) is 0 Å². The highest BCUT2D eigenvalue weighted by Gasteiger charge is 2.07. The van der Waals surface area contributed by atoms with E-state index in [4.69, 9.17) is 10.00 Å². The minimum Gasteiger partial charge on any atom is -0.455 e. The average molecular weight is 400 g/mol. The molecular weight excluding hydrogens is 393 g/mol. The summed E-state index contributed by atoms with van der Waals surface area (Å²) >= 11 is 5.53. The van der Waals surface area contributed by atoms with Gasteiger partial charge >= 0.3 is 0 Å². The first-order chi connectivity index (χ1) is 8.20. The molecule has 0 aliphatic rings. The van der Waals surface area contributed by atoms with Crippen LogP contribution in [0, 0.1) is 14.9 Å². The van der Waals surface area contributed by atoms with Crippen molar-refractivity contribution in [2.45, 2.75) is 0 Å². The van der Waals surface area contributed by atoms with Crippen molar-refractivity contribution in [2.75, 3.05) is 0 Å². The van der Waals surface area contributed by atoms with Gasteiger partial charge in [0.25, 0.3) is 0 Å². The molecule has 0 unspecified atom stereocenters. The molecule has 0 aliphatic carbocycles. The maximum Gasteiger partial charge on any atom is 0.145 e. The zero-order valence-electron chi connectivity index (χ0n) is 8.65. The highest BCUT2D eigenvalue weighted by Crippen LogP contribution is 2.30. The standard InChI is InChI=1S/C13H7BrINO/c14-10-5-6-12(9(7-10)8-16)17-13-4-2-1-3-11(13)15/h1-7H. The fraction of sp³-hybridized carbons (Fsp3) is 0. The summed E-state index contributed by atoms with van der Waals surface area (Å²) < 4.78 is 7.61. The number of para-hydroxylation sites is 1. The second-order valence-electron chi connectivity index (χ2n) is 3.28. The fourth-order valence-electron chi connectivity index (χ4n) is 1.32. The number of halogens is 2. The quantitative estimate of drug-likeness (QED) is 0.684. The van der Waals surface area contributed by atoms with Crippen LogP contribution >= 0.6 is 38.5 Å². The Labute approximate surface area is 121 Å². The Morgan fingerprint density at radius 3 is 2.59 bits per heavy atom. The number of rotatable bonds is 2. The summed E-state index contributed by atoms with van der Waals surface area (Å²) in [6, 6.07) is 15.2. The average Bonchev–Trinajstić information content (AvgIpc) is 2.34. The second kappa shape index (κ2) is 5.52. The van der Waals surface area contributed by atoms with Crippen LogP contribution in [0.2, 0.25) is 0 Å². The van der Waals surface area contributed by atoms with Gasteiger partial charge in [-0.15, -0.1) is 0 Å². The van der Waals surface area contributed by atoms with Crippen LogP contribution in [-0.2, 0) is 0 Å². The summed E-state index contributed by atoms with van der Waals surface area (Å²) in [5.41, 5.74) is 0.513. The Morgan fingerprint density at radius 1 is 1.12 bits per heavy atom. The van der Waals surface area contributed by atoms with Crippen LogP contribution in [0.15, 0.2) is 46.9 Å². The molecule has 2 aromatic rings. The summed E-state index contributed by atoms with van der Waals surface area (Å²) in [6.07, 6.45) is 0. The van der Waals surface area contributed by atoms with Gasteiger partial charge in [0.1, 0.15) is 17.6 Å². The Balaban J connectivity index is 2.37. The topological polar surface area (TPSA) is 33.0 Å². The molecule has 84 valence electrons. The van der Waals surface area contributed by atoms with E-state index in [1.54, 1.807) is 12.1 Å². The minimum atomic E-state index is 0.513. The van der Waals surface area contributed by atoms with E-state index in [1.165, 1.54) is 0 Å². The van der Waals surface area contributed by atoms with E-state index < -0.39 is 0 Å². The smallest absolute Gasteiger partial charge is 0.145 e. The van der Waals surface area contributed by atoms with Crippen LogP contribution < -0.4 is 4.74 Å². The zero-order valence-corrected chi connectivity index (χ0v) is 12.4. The van der Waals surface area contributed by atoms with Crippen molar-refractivity contribution in [1.29, 1.82) is 5.26 Å². The number of ether oxygens (including phenoxy) is 1. The third kappa shape index (κ3) is 2.99.